The highest BCUT2D eigenvalue weighted by Crippen LogP contribution is 2.20. The Morgan fingerprint density at radius 2 is 1.84 bits per heavy atom. The van der Waals surface area contributed by atoms with Gasteiger partial charge in [-0.3, -0.25) is 4.79 Å². The standard InChI is InChI=1S/C15H10ClF2N5OS/c16-9-1-3-13(4-2-9)23-15(20-21-22-23)25-8-14(24)19-12-6-10(17)5-11(18)7-12/h1-7H,8H2,(H,19,24). The predicted molar refractivity (Wildman–Crippen MR) is 89.9 cm³/mol. The van der Waals surface area contributed by atoms with Gasteiger partial charge in [0.1, 0.15) is 11.6 Å². The average molecular weight is 382 g/mol. The van der Waals surface area contributed by atoms with Crippen LogP contribution in [-0.2, 0) is 4.79 Å². The number of hydrogen-bond donors (Lipinski definition) is 1. The van der Waals surface area contributed by atoms with Crippen LogP contribution in [0, 0.1) is 11.6 Å². The first-order chi connectivity index (χ1) is 12.0. The summed E-state index contributed by atoms with van der Waals surface area (Å²) < 4.78 is 27.7. The highest BCUT2D eigenvalue weighted by Gasteiger charge is 2.12. The maximum Gasteiger partial charge on any atom is 0.234 e. The monoisotopic (exact) mass is 381 g/mol. The lowest BCUT2D eigenvalue weighted by Crippen LogP contribution is -2.15. The molecule has 0 saturated carbocycles. The number of tetrazole rings is 1. The number of carbonyl (C=O) groups is 1. The third-order valence-electron chi connectivity index (χ3n) is 2.99. The van der Waals surface area contributed by atoms with Gasteiger partial charge in [0.05, 0.1) is 11.4 Å². The number of nitrogens with one attached hydrogen (secondary N) is 1. The first-order valence-electron chi connectivity index (χ1n) is 6.94. The number of benzene rings is 2. The second-order valence-corrected chi connectivity index (χ2v) is 6.22. The summed E-state index contributed by atoms with van der Waals surface area (Å²) in [5, 5.41) is 14.7. The largest absolute Gasteiger partial charge is 0.325 e. The van der Waals surface area contributed by atoms with Gasteiger partial charge in [-0.2, -0.15) is 4.68 Å². The zero-order valence-electron chi connectivity index (χ0n) is 12.5. The van der Waals surface area contributed by atoms with E-state index in [2.05, 4.69) is 20.8 Å². The smallest absolute Gasteiger partial charge is 0.234 e. The second-order valence-electron chi connectivity index (χ2n) is 4.84. The number of carbonyl (C=O) groups excluding carboxylic acids is 1. The van der Waals surface area contributed by atoms with Crippen molar-refractivity contribution in [3.05, 3.63) is 59.1 Å². The molecule has 0 unspecified atom stereocenters. The van der Waals surface area contributed by atoms with Crippen molar-refractivity contribution in [1.82, 2.24) is 20.2 Å². The molecule has 3 aromatic rings. The SMILES string of the molecule is O=C(CSc1nnnn1-c1ccc(Cl)cc1)Nc1cc(F)cc(F)c1. The molecule has 0 aliphatic heterocycles. The molecule has 0 aliphatic rings. The summed E-state index contributed by atoms with van der Waals surface area (Å²) in [7, 11) is 0. The fraction of sp³-hybridized carbons (Fsp3) is 0.0667. The van der Waals surface area contributed by atoms with E-state index in [1.54, 1.807) is 24.3 Å². The molecule has 6 nitrogen and oxygen atoms in total. The summed E-state index contributed by atoms with van der Waals surface area (Å²) in [6.45, 7) is 0. The average Bonchev–Trinajstić information content (AvgIpc) is 3.01. The molecule has 0 spiro atoms. The van der Waals surface area contributed by atoms with Gasteiger partial charge in [0.25, 0.3) is 0 Å². The Kier molecular flexibility index (Phi) is 5.25. The predicted octanol–water partition coefficient (Wildman–Crippen LogP) is 3.32. The minimum Gasteiger partial charge on any atom is -0.325 e. The Morgan fingerprint density at radius 3 is 2.52 bits per heavy atom. The van der Waals surface area contributed by atoms with E-state index in [-0.39, 0.29) is 11.4 Å². The molecule has 25 heavy (non-hydrogen) atoms. The first kappa shape index (κ1) is 17.3. The van der Waals surface area contributed by atoms with Crippen LogP contribution in [-0.4, -0.2) is 31.9 Å². The molecule has 0 atom stereocenters. The van der Waals surface area contributed by atoms with Gasteiger partial charge in [0, 0.05) is 16.8 Å². The molecule has 1 heterocycles. The van der Waals surface area contributed by atoms with Crippen molar-refractivity contribution in [2.24, 2.45) is 0 Å². The quantitative estimate of drug-likeness (QED) is 0.686. The molecule has 2 aromatic carbocycles. The van der Waals surface area contributed by atoms with Crippen molar-refractivity contribution in [3.63, 3.8) is 0 Å². The van der Waals surface area contributed by atoms with E-state index >= 15 is 0 Å². The lowest BCUT2D eigenvalue weighted by Gasteiger charge is -2.06. The molecular formula is C15H10ClF2N5OS. The summed E-state index contributed by atoms with van der Waals surface area (Å²) in [5.41, 5.74) is 0.727. The molecule has 1 amide bonds. The zero-order chi connectivity index (χ0) is 17.8. The van der Waals surface area contributed by atoms with Crippen LogP contribution in [0.25, 0.3) is 5.69 Å². The molecule has 0 bridgehead atoms. The van der Waals surface area contributed by atoms with E-state index in [0.717, 1.165) is 30.0 Å². The number of thioether (sulfide) groups is 1. The number of anilines is 1. The third-order valence-corrected chi connectivity index (χ3v) is 4.16. The van der Waals surface area contributed by atoms with Gasteiger partial charge in [-0.1, -0.05) is 23.4 Å². The van der Waals surface area contributed by atoms with Crippen molar-refractivity contribution in [3.8, 4) is 5.69 Å². The molecular weight excluding hydrogens is 372 g/mol. The summed E-state index contributed by atoms with van der Waals surface area (Å²) in [4.78, 5) is 12.0. The number of nitrogens with zero attached hydrogens (tertiary/aromatic N) is 4. The fourth-order valence-corrected chi connectivity index (χ4v) is 2.78. The van der Waals surface area contributed by atoms with Gasteiger partial charge >= 0.3 is 0 Å². The van der Waals surface area contributed by atoms with Crippen LogP contribution in [0.5, 0.6) is 0 Å². The van der Waals surface area contributed by atoms with E-state index in [0.29, 0.717) is 15.9 Å². The lowest BCUT2D eigenvalue weighted by molar-refractivity contribution is -0.113. The van der Waals surface area contributed by atoms with Crippen molar-refractivity contribution in [2.45, 2.75) is 5.16 Å². The van der Waals surface area contributed by atoms with Crippen molar-refractivity contribution < 1.29 is 13.6 Å². The number of rotatable bonds is 5. The Hall–Kier alpha value is -2.52. The van der Waals surface area contributed by atoms with Crippen LogP contribution < -0.4 is 5.32 Å². The zero-order valence-corrected chi connectivity index (χ0v) is 14.1. The molecule has 0 aliphatic carbocycles. The number of aromatic nitrogens is 4. The molecule has 128 valence electrons. The van der Waals surface area contributed by atoms with Crippen LogP contribution in [0.4, 0.5) is 14.5 Å². The van der Waals surface area contributed by atoms with Crippen molar-refractivity contribution in [1.29, 1.82) is 0 Å². The Bertz CT molecular complexity index is 883. The highest BCUT2D eigenvalue weighted by atomic mass is 35.5. The van der Waals surface area contributed by atoms with Gasteiger partial charge < -0.3 is 5.32 Å². The van der Waals surface area contributed by atoms with Gasteiger partial charge in [0.2, 0.25) is 11.1 Å². The highest BCUT2D eigenvalue weighted by molar-refractivity contribution is 7.99. The van der Waals surface area contributed by atoms with Crippen molar-refractivity contribution in [2.75, 3.05) is 11.1 Å². The van der Waals surface area contributed by atoms with E-state index in [4.69, 9.17) is 11.6 Å². The summed E-state index contributed by atoms with van der Waals surface area (Å²) in [5.74, 6) is -2.02. The van der Waals surface area contributed by atoms with Crippen molar-refractivity contribution >= 4 is 35.0 Å². The van der Waals surface area contributed by atoms with Crippen LogP contribution in [0.15, 0.2) is 47.6 Å². The van der Waals surface area contributed by atoms with E-state index < -0.39 is 17.5 Å². The maximum absolute atomic E-state index is 13.1. The molecule has 0 fully saturated rings. The van der Waals surface area contributed by atoms with Crippen LogP contribution >= 0.6 is 23.4 Å². The van der Waals surface area contributed by atoms with Gasteiger partial charge in [-0.25, -0.2) is 8.78 Å². The number of hydrogen-bond acceptors (Lipinski definition) is 5. The Balaban J connectivity index is 1.65. The van der Waals surface area contributed by atoms with Gasteiger partial charge in [-0.05, 0) is 46.8 Å². The Morgan fingerprint density at radius 1 is 1.16 bits per heavy atom. The Labute approximate surface area is 150 Å². The molecule has 1 aromatic heterocycles. The molecule has 0 saturated heterocycles. The summed E-state index contributed by atoms with van der Waals surface area (Å²) in [6.07, 6.45) is 0. The fourth-order valence-electron chi connectivity index (χ4n) is 1.97. The third kappa shape index (κ3) is 4.52. The minimum atomic E-state index is -0.769. The van der Waals surface area contributed by atoms with Gasteiger partial charge in [-0.15, -0.1) is 5.10 Å². The second kappa shape index (κ2) is 7.58. The lowest BCUT2D eigenvalue weighted by atomic mass is 10.3. The van der Waals surface area contributed by atoms with E-state index in [1.807, 2.05) is 0 Å². The van der Waals surface area contributed by atoms with Crippen LogP contribution in [0.2, 0.25) is 5.02 Å². The normalized spacial score (nSPS) is 10.7. The molecule has 10 heteroatoms. The van der Waals surface area contributed by atoms with Crippen LogP contribution in [0.1, 0.15) is 0 Å². The molecule has 3 rings (SSSR count). The maximum atomic E-state index is 13.1. The summed E-state index contributed by atoms with van der Waals surface area (Å²) >= 11 is 6.93. The molecule has 0 radical (unpaired) electrons. The van der Waals surface area contributed by atoms with Crippen LogP contribution in [0.3, 0.4) is 0 Å². The summed E-state index contributed by atoms with van der Waals surface area (Å²) in [6, 6.07) is 9.64. The molecule has 1 N–H and O–H groups in total. The topological polar surface area (TPSA) is 72.7 Å². The van der Waals surface area contributed by atoms with E-state index in [9.17, 15) is 13.6 Å². The number of amides is 1. The first-order valence-corrected chi connectivity index (χ1v) is 8.31. The number of halogens is 3. The minimum absolute atomic E-state index is 0.0356. The van der Waals surface area contributed by atoms with E-state index in [1.165, 1.54) is 4.68 Å². The van der Waals surface area contributed by atoms with Gasteiger partial charge in [0.15, 0.2) is 0 Å².